The Kier molecular flexibility index (Phi) is 12.9. The summed E-state index contributed by atoms with van der Waals surface area (Å²) < 4.78 is 25.1. The van der Waals surface area contributed by atoms with Crippen LogP contribution >= 0.6 is 11.6 Å². The zero-order valence-electron chi connectivity index (χ0n) is 33.2. The first-order valence-corrected chi connectivity index (χ1v) is 19.9. The van der Waals surface area contributed by atoms with Gasteiger partial charge in [-0.2, -0.15) is 5.26 Å². The van der Waals surface area contributed by atoms with Crippen LogP contribution in [0.3, 0.4) is 0 Å². The molecule has 2 atom stereocenters. The normalized spacial score (nSPS) is 20.7. The van der Waals surface area contributed by atoms with Gasteiger partial charge in [0.15, 0.2) is 6.29 Å². The lowest BCUT2D eigenvalue weighted by molar-refractivity contribution is -0.0626. The van der Waals surface area contributed by atoms with Gasteiger partial charge in [0.25, 0.3) is 0 Å². The molecule has 3 heterocycles. The van der Waals surface area contributed by atoms with E-state index in [0.717, 1.165) is 69.5 Å². The number of allylic oxidation sites excluding steroid dienone is 2. The third-order valence-corrected chi connectivity index (χ3v) is 11.6. The Morgan fingerprint density at radius 1 is 1.07 bits per heavy atom. The summed E-state index contributed by atoms with van der Waals surface area (Å²) in [5.41, 5.74) is 3.75. The van der Waals surface area contributed by atoms with Gasteiger partial charge in [-0.25, -0.2) is 4.79 Å². The summed E-state index contributed by atoms with van der Waals surface area (Å²) in [4.78, 5) is 33.2. The molecule has 1 amide bonds. The van der Waals surface area contributed by atoms with Gasteiger partial charge in [0, 0.05) is 56.2 Å². The fourth-order valence-electron chi connectivity index (χ4n) is 7.96. The van der Waals surface area contributed by atoms with Gasteiger partial charge in [-0.05, 0) is 107 Å². The molecule has 1 aliphatic carbocycles. The number of halogens is 1. The monoisotopic (exact) mass is 780 g/mol. The number of piperidine rings is 1. The fraction of sp³-hybridized carbons (Fsp3) is 0.467. The van der Waals surface area contributed by atoms with E-state index < -0.39 is 11.2 Å². The third-order valence-electron chi connectivity index (χ3n) is 11.3. The molecular formula is C45H53ClN4O6. The Morgan fingerprint density at radius 2 is 1.84 bits per heavy atom. The standard InChI is InChI=1S/C45H53ClN4O6/c1-32-10-6-7-11-37(32)38-12-8-13-45(33(38)2,31-54-41-24-40(36(28-51)23-39(41)46)53-29-35-22-34(25-47)26-48-27-35)55-21-9-17-49-18-14-44(15-19-49)16-20-50(30-44)42(52)56-43(3,4)5/h6-8,10-13,22-24,26-28,33H,9,14-21,29-31H2,1-5H3. The maximum atomic E-state index is 12.7. The quantitative estimate of drug-likeness (QED) is 0.124. The maximum Gasteiger partial charge on any atom is 0.410 e. The van der Waals surface area contributed by atoms with Crippen molar-refractivity contribution >= 4 is 29.6 Å². The van der Waals surface area contributed by atoms with Crippen molar-refractivity contribution in [2.24, 2.45) is 11.3 Å². The summed E-state index contributed by atoms with van der Waals surface area (Å²) in [5.74, 6) is 0.608. The molecule has 0 bridgehead atoms. The number of aryl methyl sites for hydroxylation is 1. The minimum Gasteiger partial charge on any atom is -0.489 e. The average Bonchev–Trinajstić information content (AvgIpc) is 3.60. The molecule has 1 aromatic heterocycles. The Labute approximate surface area is 336 Å². The van der Waals surface area contributed by atoms with Crippen molar-refractivity contribution in [1.29, 1.82) is 5.26 Å². The first kappa shape index (κ1) is 41.0. The van der Waals surface area contributed by atoms with E-state index in [2.05, 4.69) is 60.2 Å². The van der Waals surface area contributed by atoms with Gasteiger partial charge < -0.3 is 28.7 Å². The van der Waals surface area contributed by atoms with Crippen molar-refractivity contribution < 1.29 is 28.5 Å². The molecule has 3 aliphatic rings. The van der Waals surface area contributed by atoms with Crippen molar-refractivity contribution in [3.05, 3.63) is 106 Å². The number of aldehydes is 1. The number of nitrogens with zero attached hydrogens (tertiary/aromatic N) is 4. The third kappa shape index (κ3) is 9.81. The highest BCUT2D eigenvalue weighted by molar-refractivity contribution is 6.32. The highest BCUT2D eigenvalue weighted by Crippen LogP contribution is 2.43. The molecule has 10 nitrogen and oxygen atoms in total. The van der Waals surface area contributed by atoms with Crippen LogP contribution in [0.15, 0.2) is 73.1 Å². The summed E-state index contributed by atoms with van der Waals surface area (Å²) >= 11 is 6.70. The van der Waals surface area contributed by atoms with E-state index >= 15 is 0 Å². The molecule has 6 rings (SSSR count). The van der Waals surface area contributed by atoms with Crippen molar-refractivity contribution in [2.75, 3.05) is 45.9 Å². The minimum atomic E-state index is -0.815. The molecule has 3 aromatic rings. The fourth-order valence-corrected chi connectivity index (χ4v) is 8.18. The number of carbonyl (C=O) groups is 2. The van der Waals surface area contributed by atoms with Gasteiger partial charge in [0.05, 0.1) is 16.1 Å². The zero-order chi connectivity index (χ0) is 39.9. The van der Waals surface area contributed by atoms with Crippen LogP contribution in [-0.2, 0) is 16.1 Å². The Morgan fingerprint density at radius 3 is 2.57 bits per heavy atom. The van der Waals surface area contributed by atoms with Crippen LogP contribution in [0.25, 0.3) is 5.57 Å². The number of rotatable bonds is 13. The first-order valence-electron chi connectivity index (χ1n) is 19.5. The molecule has 1 spiro atoms. The summed E-state index contributed by atoms with van der Waals surface area (Å²) in [5, 5.41) is 9.55. The lowest BCUT2D eigenvalue weighted by Crippen LogP contribution is -2.46. The van der Waals surface area contributed by atoms with Gasteiger partial charge in [-0.15, -0.1) is 0 Å². The molecule has 2 unspecified atom stereocenters. The molecular weight excluding hydrogens is 728 g/mol. The molecule has 2 aliphatic heterocycles. The predicted octanol–water partition coefficient (Wildman–Crippen LogP) is 8.84. The summed E-state index contributed by atoms with van der Waals surface area (Å²) in [7, 11) is 0. The van der Waals surface area contributed by atoms with Gasteiger partial charge >= 0.3 is 6.09 Å². The number of carbonyl (C=O) groups excluding carboxylic acids is 2. The van der Waals surface area contributed by atoms with Crippen molar-refractivity contribution in [3.63, 3.8) is 0 Å². The molecule has 2 aromatic carbocycles. The number of likely N-dealkylation sites (tertiary alicyclic amines) is 2. The summed E-state index contributed by atoms with van der Waals surface area (Å²) in [6.45, 7) is 15.2. The van der Waals surface area contributed by atoms with Gasteiger partial charge in [-0.1, -0.05) is 54.9 Å². The maximum absolute atomic E-state index is 12.7. The Hall–Kier alpha value is -4.69. The second-order valence-electron chi connectivity index (χ2n) is 16.4. The van der Waals surface area contributed by atoms with Crippen molar-refractivity contribution in [2.45, 2.75) is 78.1 Å². The van der Waals surface area contributed by atoms with Crippen molar-refractivity contribution in [3.8, 4) is 17.6 Å². The largest absolute Gasteiger partial charge is 0.489 e. The number of nitriles is 1. The number of aromatic nitrogens is 1. The van der Waals surface area contributed by atoms with Crippen LogP contribution in [-0.4, -0.2) is 84.3 Å². The minimum absolute atomic E-state index is 0.0672. The first-order chi connectivity index (χ1) is 26.8. The van der Waals surface area contributed by atoms with Crippen LogP contribution in [0, 0.1) is 29.6 Å². The molecule has 2 saturated heterocycles. The zero-order valence-corrected chi connectivity index (χ0v) is 33.9. The number of pyridine rings is 1. The summed E-state index contributed by atoms with van der Waals surface area (Å²) in [6, 6.07) is 15.3. The SMILES string of the molecule is Cc1ccccc1C1=CC=CC(COc2cc(OCc3cncc(C#N)c3)c(C=O)cc2Cl)(OCCCN2CCC3(CC2)CCN(C(=O)OC(C)(C)C)C3)C1C. The van der Waals surface area contributed by atoms with Crippen LogP contribution in [0.2, 0.25) is 5.02 Å². The van der Waals surface area contributed by atoms with Gasteiger partial charge in [0.1, 0.15) is 42.0 Å². The molecule has 56 heavy (non-hydrogen) atoms. The average molecular weight is 781 g/mol. The van der Waals surface area contributed by atoms with Crippen LogP contribution in [0.1, 0.15) is 86.0 Å². The van der Waals surface area contributed by atoms with E-state index in [0.29, 0.717) is 35.5 Å². The van der Waals surface area contributed by atoms with Crippen LogP contribution in [0.4, 0.5) is 4.79 Å². The number of hydrogen-bond acceptors (Lipinski definition) is 9. The van der Waals surface area contributed by atoms with E-state index in [4.69, 9.17) is 30.5 Å². The Bertz CT molecular complexity index is 1990. The molecule has 0 radical (unpaired) electrons. The van der Waals surface area contributed by atoms with E-state index in [9.17, 15) is 14.9 Å². The van der Waals surface area contributed by atoms with E-state index in [1.165, 1.54) is 11.8 Å². The van der Waals surface area contributed by atoms with E-state index in [1.807, 2.05) is 37.8 Å². The molecule has 11 heteroatoms. The molecule has 2 fully saturated rings. The number of benzene rings is 2. The highest BCUT2D eigenvalue weighted by Gasteiger charge is 2.43. The van der Waals surface area contributed by atoms with E-state index in [-0.39, 0.29) is 41.2 Å². The second-order valence-corrected chi connectivity index (χ2v) is 16.8. The van der Waals surface area contributed by atoms with E-state index in [1.54, 1.807) is 24.4 Å². The smallest absolute Gasteiger partial charge is 0.410 e. The highest BCUT2D eigenvalue weighted by atomic mass is 35.5. The predicted molar refractivity (Wildman–Crippen MR) is 217 cm³/mol. The molecule has 296 valence electrons. The van der Waals surface area contributed by atoms with Crippen LogP contribution < -0.4 is 9.47 Å². The topological polar surface area (TPSA) is 114 Å². The van der Waals surface area contributed by atoms with Crippen molar-refractivity contribution in [1.82, 2.24) is 14.8 Å². The lowest BCUT2D eigenvalue weighted by Gasteiger charge is -2.41. The lowest BCUT2D eigenvalue weighted by atomic mass is 9.76. The van der Waals surface area contributed by atoms with Gasteiger partial charge in [0.2, 0.25) is 0 Å². The van der Waals surface area contributed by atoms with Crippen LogP contribution in [0.5, 0.6) is 11.5 Å². The van der Waals surface area contributed by atoms with Gasteiger partial charge in [-0.3, -0.25) is 9.78 Å². The second kappa shape index (κ2) is 17.6. The number of hydrogen-bond donors (Lipinski definition) is 0. The molecule has 0 saturated carbocycles. The number of amides is 1. The number of ether oxygens (including phenoxy) is 4. The molecule has 0 N–H and O–H groups in total. The Balaban J connectivity index is 1.11. The summed E-state index contributed by atoms with van der Waals surface area (Å²) in [6.07, 6.45) is 13.9.